The summed E-state index contributed by atoms with van der Waals surface area (Å²) < 4.78 is 12.1. The van der Waals surface area contributed by atoms with Gasteiger partial charge in [0.25, 0.3) is 11.5 Å². The van der Waals surface area contributed by atoms with Gasteiger partial charge in [0.1, 0.15) is 5.69 Å². The van der Waals surface area contributed by atoms with Crippen LogP contribution in [0.3, 0.4) is 0 Å². The van der Waals surface area contributed by atoms with Crippen LogP contribution in [-0.2, 0) is 6.54 Å². The Morgan fingerprint density at radius 1 is 1.10 bits per heavy atom. The van der Waals surface area contributed by atoms with Crippen LogP contribution < -0.4 is 25.2 Å². The molecule has 1 aromatic carbocycles. The average molecular weight is 427 g/mol. The summed E-state index contributed by atoms with van der Waals surface area (Å²) in [6.45, 7) is 2.34. The summed E-state index contributed by atoms with van der Waals surface area (Å²) in [7, 11) is 0. The lowest BCUT2D eigenvalue weighted by Crippen LogP contribution is -2.28. The van der Waals surface area contributed by atoms with Crippen LogP contribution in [0.2, 0.25) is 0 Å². The van der Waals surface area contributed by atoms with E-state index in [4.69, 9.17) is 9.47 Å². The molecule has 0 spiro atoms. The third kappa shape index (κ3) is 3.70. The van der Waals surface area contributed by atoms with E-state index in [1.54, 1.807) is 0 Å². The van der Waals surface area contributed by atoms with Crippen LogP contribution in [-0.4, -0.2) is 40.4 Å². The van der Waals surface area contributed by atoms with Crippen LogP contribution in [0.1, 0.15) is 41.7 Å². The highest BCUT2D eigenvalue weighted by Crippen LogP contribution is 2.32. The molecule has 3 aromatic rings. The van der Waals surface area contributed by atoms with Crippen molar-refractivity contribution in [2.75, 3.05) is 24.8 Å². The number of rotatable bonds is 4. The fourth-order valence-electron chi connectivity index (χ4n) is 3.68. The molecule has 0 radical (unpaired) electrons. The predicted octanol–water partition coefficient (Wildman–Crippen LogP) is 2.19. The molecule has 2 aliphatic rings. The van der Waals surface area contributed by atoms with Crippen molar-refractivity contribution in [1.29, 1.82) is 0 Å². The molecule has 0 aliphatic carbocycles. The Bertz CT molecular complexity index is 1150. The number of carbonyl (C=O) groups excluding carboxylic acids is 1. The molecule has 4 heterocycles. The zero-order valence-corrected chi connectivity index (χ0v) is 17.1. The number of aromatic nitrogens is 3. The third-order valence-electron chi connectivity index (χ3n) is 5.24. The van der Waals surface area contributed by atoms with Gasteiger partial charge in [-0.1, -0.05) is 30.2 Å². The number of hydrogen-bond donors (Lipinski definition) is 1. The van der Waals surface area contributed by atoms with Gasteiger partial charge in [-0.2, -0.15) is 9.50 Å². The summed E-state index contributed by atoms with van der Waals surface area (Å²) in [5.41, 5.74) is 0.603. The van der Waals surface area contributed by atoms with Gasteiger partial charge in [-0.3, -0.25) is 9.59 Å². The smallest absolute Gasteiger partial charge is 0.274 e. The Balaban J connectivity index is 1.38. The molecule has 0 unspecified atom stereocenters. The van der Waals surface area contributed by atoms with Gasteiger partial charge in [-0.05, 0) is 30.5 Å². The van der Waals surface area contributed by atoms with Gasteiger partial charge in [-0.15, -0.1) is 5.10 Å². The number of amides is 1. The maximum Gasteiger partial charge on any atom is 0.274 e. The summed E-state index contributed by atoms with van der Waals surface area (Å²) in [4.78, 5) is 31.6. The van der Waals surface area contributed by atoms with Crippen LogP contribution in [0, 0.1) is 0 Å². The first kappa shape index (κ1) is 18.9. The van der Waals surface area contributed by atoms with Crippen LogP contribution in [0.25, 0.3) is 4.96 Å². The Morgan fingerprint density at radius 3 is 2.73 bits per heavy atom. The summed E-state index contributed by atoms with van der Waals surface area (Å²) >= 11 is 1.34. The Kier molecular flexibility index (Phi) is 4.99. The molecule has 0 saturated carbocycles. The number of carbonyl (C=O) groups is 1. The normalized spacial score (nSPS) is 15.9. The molecule has 1 amide bonds. The highest BCUT2D eigenvalue weighted by molar-refractivity contribution is 7.20. The van der Waals surface area contributed by atoms with Crippen LogP contribution in [0.15, 0.2) is 29.1 Å². The fraction of sp³-hybridized carbons (Fsp3) is 0.400. The van der Waals surface area contributed by atoms with Crippen molar-refractivity contribution in [3.63, 3.8) is 0 Å². The molecule has 30 heavy (non-hydrogen) atoms. The topological polar surface area (TPSA) is 98.1 Å². The number of nitrogens with one attached hydrogen (secondary N) is 1. The standard InChI is InChI=1S/C20H21N5O4S/c26-17-10-14(18(27)21-11-13-5-6-15-16(9-13)29-12-28-15)25-19(22-17)30-20(23-25)24-7-3-1-2-4-8-24/h5-6,9-10H,1-4,7-8,11-12H2,(H,21,27). The summed E-state index contributed by atoms with van der Waals surface area (Å²) in [6, 6.07) is 6.74. The van der Waals surface area contributed by atoms with Gasteiger partial charge in [0, 0.05) is 25.7 Å². The number of anilines is 1. The van der Waals surface area contributed by atoms with Crippen molar-refractivity contribution in [1.82, 2.24) is 19.9 Å². The van der Waals surface area contributed by atoms with E-state index >= 15 is 0 Å². The predicted molar refractivity (Wildman–Crippen MR) is 112 cm³/mol. The number of hydrogen-bond acceptors (Lipinski definition) is 8. The summed E-state index contributed by atoms with van der Waals surface area (Å²) in [5, 5.41) is 8.25. The molecule has 0 atom stereocenters. The molecule has 0 bridgehead atoms. The van der Waals surface area contributed by atoms with E-state index in [1.165, 1.54) is 34.8 Å². The van der Waals surface area contributed by atoms with Crippen LogP contribution >= 0.6 is 11.3 Å². The summed E-state index contributed by atoms with van der Waals surface area (Å²) in [6.07, 6.45) is 4.66. The molecule has 10 heteroatoms. The summed E-state index contributed by atoms with van der Waals surface area (Å²) in [5.74, 6) is 0.969. The third-order valence-corrected chi connectivity index (χ3v) is 6.21. The van der Waals surface area contributed by atoms with E-state index in [-0.39, 0.29) is 24.9 Å². The van der Waals surface area contributed by atoms with Crippen molar-refractivity contribution in [3.05, 3.63) is 45.9 Å². The highest BCUT2D eigenvalue weighted by atomic mass is 32.1. The van der Waals surface area contributed by atoms with Crippen molar-refractivity contribution >= 4 is 27.3 Å². The number of fused-ring (bicyclic) bond motifs is 2. The van der Waals surface area contributed by atoms with E-state index in [9.17, 15) is 9.59 Å². The monoisotopic (exact) mass is 427 g/mol. The second-order valence-corrected chi connectivity index (χ2v) is 8.26. The van der Waals surface area contributed by atoms with Crippen LogP contribution in [0.5, 0.6) is 11.5 Å². The van der Waals surface area contributed by atoms with Gasteiger partial charge in [0.15, 0.2) is 11.5 Å². The minimum absolute atomic E-state index is 0.183. The van der Waals surface area contributed by atoms with E-state index in [0.29, 0.717) is 16.5 Å². The first-order valence-corrected chi connectivity index (χ1v) is 10.8. The maximum absolute atomic E-state index is 12.9. The molecule has 5 rings (SSSR count). The van der Waals surface area contributed by atoms with Crippen molar-refractivity contribution in [2.24, 2.45) is 0 Å². The molecule has 156 valence electrons. The second kappa shape index (κ2) is 7.94. The zero-order valence-electron chi connectivity index (χ0n) is 16.3. The molecular weight excluding hydrogens is 406 g/mol. The number of benzene rings is 1. The zero-order chi connectivity index (χ0) is 20.5. The highest BCUT2D eigenvalue weighted by Gasteiger charge is 2.20. The Hall–Kier alpha value is -3.14. The lowest BCUT2D eigenvalue weighted by atomic mass is 10.2. The molecule has 1 saturated heterocycles. The fourth-order valence-corrected chi connectivity index (χ4v) is 4.64. The van der Waals surface area contributed by atoms with Crippen molar-refractivity contribution < 1.29 is 14.3 Å². The quantitative estimate of drug-likeness (QED) is 0.682. The van der Waals surface area contributed by atoms with E-state index < -0.39 is 5.56 Å². The van der Waals surface area contributed by atoms with Crippen LogP contribution in [0.4, 0.5) is 5.13 Å². The average Bonchev–Trinajstić information content (AvgIpc) is 3.29. The molecular formula is C20H21N5O4S. The lowest BCUT2D eigenvalue weighted by molar-refractivity contribution is 0.0943. The minimum atomic E-state index is -0.450. The maximum atomic E-state index is 12.9. The molecule has 9 nitrogen and oxygen atoms in total. The first-order chi connectivity index (χ1) is 14.7. The molecule has 1 fully saturated rings. The lowest BCUT2D eigenvalue weighted by Gasteiger charge is -2.17. The van der Waals surface area contributed by atoms with Gasteiger partial charge in [-0.25, -0.2) is 0 Å². The Morgan fingerprint density at radius 2 is 1.90 bits per heavy atom. The SMILES string of the molecule is O=C(NCc1ccc2c(c1)OCO2)c1cc(=O)nc2sc(N3CCCCCC3)nn12. The second-order valence-electron chi connectivity index (χ2n) is 7.33. The molecule has 1 N–H and O–H groups in total. The Labute approximate surface area is 176 Å². The van der Waals surface area contributed by atoms with E-state index in [0.717, 1.165) is 36.6 Å². The van der Waals surface area contributed by atoms with Gasteiger partial charge < -0.3 is 19.7 Å². The van der Waals surface area contributed by atoms with Gasteiger partial charge >= 0.3 is 0 Å². The molecule has 2 aliphatic heterocycles. The molecule has 2 aromatic heterocycles. The largest absolute Gasteiger partial charge is 0.454 e. The van der Waals surface area contributed by atoms with Crippen molar-refractivity contribution in [3.8, 4) is 11.5 Å². The van der Waals surface area contributed by atoms with E-state index in [1.807, 2.05) is 18.2 Å². The van der Waals surface area contributed by atoms with E-state index in [2.05, 4.69) is 20.3 Å². The first-order valence-electron chi connectivity index (χ1n) is 10.00. The van der Waals surface area contributed by atoms with Crippen molar-refractivity contribution in [2.45, 2.75) is 32.2 Å². The van der Waals surface area contributed by atoms with Gasteiger partial charge in [0.05, 0.1) is 0 Å². The number of ether oxygens (including phenoxy) is 2. The number of nitrogens with zero attached hydrogens (tertiary/aromatic N) is 4. The minimum Gasteiger partial charge on any atom is -0.454 e. The van der Waals surface area contributed by atoms with Gasteiger partial charge in [0.2, 0.25) is 16.9 Å².